The van der Waals surface area contributed by atoms with Gasteiger partial charge in [-0.15, -0.1) is 0 Å². The summed E-state index contributed by atoms with van der Waals surface area (Å²) < 4.78 is 0. The molecule has 38 heteroatoms. The maximum Gasteiger partial charge on any atom is 0.354 e. The number of carboxylic acid groups (broad SMARTS) is 4. The first-order valence-corrected chi connectivity index (χ1v) is 51.1. The minimum absolute atomic E-state index is 0.0492. The number of pyridine rings is 7. The first-order chi connectivity index (χ1) is 70.2. The molecule has 0 saturated carbocycles. The number of likely N-dealkylation sites (N-methyl/N-ethyl adjacent to an activating group) is 6. The number of aliphatic hydroxyl groups is 2. The van der Waals surface area contributed by atoms with E-state index in [4.69, 9.17) is 42.1 Å². The van der Waals surface area contributed by atoms with Crippen LogP contribution in [0.2, 0.25) is 0 Å². The number of aliphatic imine (C=N–C) groups is 4. The Morgan fingerprint density at radius 1 is 0.356 bits per heavy atom. The average Bonchev–Trinajstić information content (AvgIpc) is 1.16. The van der Waals surface area contributed by atoms with Crippen LogP contribution in [-0.2, 0) is 35.8 Å². The predicted molar refractivity (Wildman–Crippen MR) is 588 cm³/mol. The van der Waals surface area contributed by atoms with Gasteiger partial charge in [0.25, 0.3) is 0 Å². The number of aromatic nitrogens is 7. The number of benzene rings is 1. The molecule has 13 rings (SSSR count). The minimum atomic E-state index is -1.10. The molecule has 146 heavy (non-hydrogen) atoms. The molecule has 0 atom stereocenters. The standard InChI is InChI=1S/C16H28N4.C16H18N4.C14H16N2O4.C13H10N2O4.C12H28N4.C12H12N2O2.C10H23N3.C8H20N4.C7H17N3/c1-14(2)19-10-9-18(12-20(13-19)15(3)4)11-16-7-5-6-8-17-16;1-13(15-7-3-5-9-19-15)17-11-12-18-14(2)16-8-4-6-10-20-16;1-9(7-13(17)18)15-11-5-3-4-6-12(11)16-10(2)8-14(19)20;16-12(17)10-5-1-3-8(14-10)7-9-4-2-6-11(15-9)13(18)19;1-13-5-7-14(2)9-11-16(4)12-10-15(3)8-6-13;15-7-9-3-1-5-11(13-9)12-6-2-4-10(8-16)14-12;1-13-9-4-2-3-5-11-6-7-12-8-10-13;1-10-5-6-12(4-3-9)8-11(2)7-10;8-2-6-10-5-1-3-9-4-7-10/h5-8,14-15H,9-13H2,1-4H3;3-10H,11-12H2,1-2H3;3-6H,7-8H2,1-2H3,(H,17,18)(H,19,20);1-6H,7H2,(H,16,17)(H,18,19);5-12H2,1-4H3;1-6,15-16H,7-8H2;11-12H,2-10H2,1H3;3-9H2,1-2H3;9H,1-8H2. The quantitative estimate of drug-likeness (QED) is 0.0178. The number of nitrogens with zero attached hydrogens (tertiary/aromatic N) is 23. The third kappa shape index (κ3) is 56.8. The van der Waals surface area contributed by atoms with Gasteiger partial charge in [0, 0.05) is 210 Å². The van der Waals surface area contributed by atoms with Gasteiger partial charge in [-0.25, -0.2) is 29.5 Å². The molecule has 38 nitrogen and oxygen atoms in total. The summed E-state index contributed by atoms with van der Waals surface area (Å²) in [5, 5.41) is 63.3. The summed E-state index contributed by atoms with van der Waals surface area (Å²) in [5.41, 5.74) is 21.3. The van der Waals surface area contributed by atoms with Crippen LogP contribution in [0.25, 0.3) is 11.4 Å². The van der Waals surface area contributed by atoms with Crippen LogP contribution in [0.3, 0.4) is 0 Å². The van der Waals surface area contributed by atoms with E-state index in [1.165, 1.54) is 123 Å². The minimum Gasteiger partial charge on any atom is -0.481 e. The number of hydrogen-bond acceptors (Lipinski definition) is 34. The fourth-order valence-corrected chi connectivity index (χ4v) is 15.2. The van der Waals surface area contributed by atoms with Gasteiger partial charge >= 0.3 is 23.9 Å². The van der Waals surface area contributed by atoms with Crippen molar-refractivity contribution < 1.29 is 49.8 Å². The molecule has 5 saturated heterocycles. The average molecular weight is 2020 g/mol. The number of aliphatic carboxylic acids is 2. The summed E-state index contributed by atoms with van der Waals surface area (Å²) in [7, 11) is 15.4. The van der Waals surface area contributed by atoms with Crippen LogP contribution in [0.15, 0.2) is 190 Å². The van der Waals surface area contributed by atoms with Crippen molar-refractivity contribution in [2.45, 2.75) is 132 Å². The van der Waals surface area contributed by atoms with Crippen LogP contribution in [0.4, 0.5) is 11.4 Å². The van der Waals surface area contributed by atoms with Crippen LogP contribution in [0.5, 0.6) is 0 Å². The molecule has 5 aliphatic heterocycles. The Hall–Kier alpha value is -10.9. The van der Waals surface area contributed by atoms with Crippen molar-refractivity contribution in [3.8, 4) is 11.4 Å². The molecule has 8 aromatic rings. The maximum atomic E-state index is 10.8. The number of aromatic carboxylic acids is 2. The van der Waals surface area contributed by atoms with E-state index >= 15 is 0 Å². The lowest BCUT2D eigenvalue weighted by Crippen LogP contribution is -2.44. The van der Waals surface area contributed by atoms with Crippen molar-refractivity contribution in [2.75, 3.05) is 259 Å². The molecule has 0 unspecified atom stereocenters. The van der Waals surface area contributed by atoms with Crippen LogP contribution in [-0.4, -0.2) is 442 Å². The predicted octanol–water partition coefficient (Wildman–Crippen LogP) is 8.73. The first-order valence-electron chi connectivity index (χ1n) is 51.1. The van der Waals surface area contributed by atoms with E-state index in [1.807, 2.05) is 86.8 Å². The summed E-state index contributed by atoms with van der Waals surface area (Å²) >= 11 is 0. The Balaban J connectivity index is 0.000000291. The van der Waals surface area contributed by atoms with Crippen LogP contribution < -0.4 is 27.4 Å². The van der Waals surface area contributed by atoms with E-state index in [9.17, 15) is 19.2 Å². The van der Waals surface area contributed by atoms with Gasteiger partial charge in [-0.2, -0.15) is 0 Å². The van der Waals surface area contributed by atoms with Crippen molar-refractivity contribution in [1.82, 2.24) is 110 Å². The summed E-state index contributed by atoms with van der Waals surface area (Å²) in [6.45, 7) is 51.8. The van der Waals surface area contributed by atoms with Gasteiger partial charge < -0.3 is 87.5 Å². The second-order valence-corrected chi connectivity index (χ2v) is 37.5. The molecule has 0 spiro atoms. The fourth-order valence-electron chi connectivity index (χ4n) is 15.2. The molecule has 0 aliphatic carbocycles. The maximum absolute atomic E-state index is 10.8. The highest BCUT2D eigenvalue weighted by atomic mass is 16.4. The third-order valence-corrected chi connectivity index (χ3v) is 23.9. The molecule has 7 aromatic heterocycles. The van der Waals surface area contributed by atoms with E-state index in [2.05, 4.69) is 219 Å². The highest BCUT2D eigenvalue weighted by molar-refractivity contribution is 6.01. The highest BCUT2D eigenvalue weighted by Crippen LogP contribution is 2.29. The number of para-hydroxylation sites is 2. The van der Waals surface area contributed by atoms with E-state index in [0.717, 1.165) is 147 Å². The number of aliphatic hydroxyl groups excluding tert-OH is 2. The van der Waals surface area contributed by atoms with E-state index in [1.54, 1.807) is 86.9 Å². The van der Waals surface area contributed by atoms with Gasteiger partial charge in [-0.3, -0.25) is 73.9 Å². The normalized spacial score (nSPS) is 17.2. The van der Waals surface area contributed by atoms with Crippen LogP contribution >= 0.6 is 0 Å². The van der Waals surface area contributed by atoms with Gasteiger partial charge in [0.2, 0.25) is 0 Å². The lowest BCUT2D eigenvalue weighted by Gasteiger charge is -2.32. The molecule has 1 aromatic carbocycles. The lowest BCUT2D eigenvalue weighted by atomic mass is 10.2. The molecule has 13 N–H and O–H groups in total. The molecular weight excluding hydrogens is 1850 g/mol. The first kappa shape index (κ1) is 126. The largest absolute Gasteiger partial charge is 0.481 e. The monoisotopic (exact) mass is 2020 g/mol. The molecule has 5 aliphatic rings. The number of hydrogen-bond donors (Lipinski definition) is 11. The second kappa shape index (κ2) is 74.9. The van der Waals surface area contributed by atoms with Crippen LogP contribution in [0, 0.1) is 0 Å². The van der Waals surface area contributed by atoms with Gasteiger partial charge in [0.15, 0.2) is 0 Å². The van der Waals surface area contributed by atoms with E-state index < -0.39 is 23.9 Å². The van der Waals surface area contributed by atoms with Crippen molar-refractivity contribution in [3.05, 3.63) is 221 Å². The summed E-state index contributed by atoms with van der Waals surface area (Å²) in [6.07, 6.45) is 10.7. The van der Waals surface area contributed by atoms with Gasteiger partial charge in [-0.1, -0.05) is 61.0 Å². The van der Waals surface area contributed by atoms with E-state index in [0.29, 0.717) is 82.1 Å². The molecular formula is C108H172N28O10. The van der Waals surface area contributed by atoms with Gasteiger partial charge in [0.05, 0.1) is 128 Å². The number of nitrogens with two attached hydrogens (primary N) is 2. The Morgan fingerprint density at radius 3 is 1.22 bits per heavy atom. The van der Waals surface area contributed by atoms with Crippen molar-refractivity contribution >= 4 is 58.1 Å². The van der Waals surface area contributed by atoms with Crippen molar-refractivity contribution in [2.24, 2.45) is 31.4 Å². The number of nitrogens with one attached hydrogen (secondary N) is 3. The summed E-state index contributed by atoms with van der Waals surface area (Å²) in [5.74, 6) is -4.10. The highest BCUT2D eigenvalue weighted by Gasteiger charge is 2.25. The zero-order valence-electron chi connectivity index (χ0n) is 89.8. The SMILES string of the molecule is CC(=NCCN=C(C)c1ccccn1)c1ccccn1.CC(C)N1CCN(Cc2ccccn2)CN(C(C)C)C1.CC(CC(=O)O)=Nc1ccccc1N=C(C)CC(=O)O.CN1CCCCCNCCNCC1.CN1CCN(C)CCN(C)CCN(C)CC1.CN1CCN(CCN)CN(C)C1.NCCN1CCCNCC1.O=C(O)c1cccc(Cc2cccc(C(=O)O)n2)n1.OCc1cccc(-c2cccc(CO)n2)n1. The van der Waals surface area contributed by atoms with Crippen molar-refractivity contribution in [3.63, 3.8) is 0 Å². The zero-order valence-corrected chi connectivity index (χ0v) is 89.8. The molecule has 804 valence electrons. The van der Waals surface area contributed by atoms with E-state index in [-0.39, 0.29) is 43.9 Å². The van der Waals surface area contributed by atoms with Crippen LogP contribution in [0.1, 0.15) is 155 Å². The molecule has 0 radical (unpaired) electrons. The Bertz CT molecular complexity index is 4750. The number of carbonyl (C=O) groups is 4. The van der Waals surface area contributed by atoms with Gasteiger partial charge in [0.1, 0.15) is 11.4 Å². The summed E-state index contributed by atoms with van der Waals surface area (Å²) in [6, 6.07) is 46.0. The molecule has 12 heterocycles. The van der Waals surface area contributed by atoms with Gasteiger partial charge in [-0.05, 0) is 247 Å². The zero-order chi connectivity index (χ0) is 107. The Labute approximate surface area is 868 Å². The smallest absolute Gasteiger partial charge is 0.354 e. The topological polar surface area (TPSA) is 456 Å². The van der Waals surface area contributed by atoms with Crippen molar-refractivity contribution in [1.29, 1.82) is 0 Å². The molecule has 0 bridgehead atoms. The lowest BCUT2D eigenvalue weighted by molar-refractivity contribution is -0.136. The second-order valence-electron chi connectivity index (χ2n) is 37.5. The number of carboxylic acids is 4. The molecule has 0 amide bonds. The molecule has 5 fully saturated rings. The fraction of sp³-hybridized carbons (Fsp3) is 0.546. The third-order valence-electron chi connectivity index (χ3n) is 23.9. The Kier molecular flexibility index (Phi) is 64.4. The number of rotatable bonds is 26. The summed E-state index contributed by atoms with van der Waals surface area (Å²) in [4.78, 5) is 119. The Morgan fingerprint density at radius 2 is 0.767 bits per heavy atom.